The van der Waals surface area contributed by atoms with Crippen LogP contribution in [0.5, 0.6) is 0 Å². The first-order chi connectivity index (χ1) is 9.72. The van der Waals surface area contributed by atoms with Crippen molar-refractivity contribution < 1.29 is 5.11 Å². The molecule has 1 aliphatic heterocycles. The van der Waals surface area contributed by atoms with Gasteiger partial charge >= 0.3 is 0 Å². The van der Waals surface area contributed by atoms with Crippen molar-refractivity contribution in [2.24, 2.45) is 0 Å². The summed E-state index contributed by atoms with van der Waals surface area (Å²) in [6.45, 7) is 5.84. The molecule has 1 N–H and O–H groups in total. The lowest BCUT2D eigenvalue weighted by atomic mass is 10.1. The van der Waals surface area contributed by atoms with Gasteiger partial charge in [0.25, 0.3) is 0 Å². The van der Waals surface area contributed by atoms with E-state index in [9.17, 15) is 0 Å². The number of β-amino-alcohol motifs (C(OH)–C–C–N with tert-alkyl or cyclic N) is 1. The molecule has 0 saturated carbocycles. The Hall–Kier alpha value is -1.12. The lowest BCUT2D eigenvalue weighted by Crippen LogP contribution is -2.32. The molecule has 1 aromatic rings. The lowest BCUT2D eigenvalue weighted by Gasteiger charge is -2.21. The van der Waals surface area contributed by atoms with Crippen molar-refractivity contribution in [2.75, 3.05) is 39.3 Å². The van der Waals surface area contributed by atoms with Gasteiger partial charge in [0.1, 0.15) is 0 Å². The van der Waals surface area contributed by atoms with E-state index >= 15 is 0 Å². The summed E-state index contributed by atoms with van der Waals surface area (Å²) in [5.74, 6) is 0. The van der Waals surface area contributed by atoms with Crippen molar-refractivity contribution >= 4 is 11.6 Å². The maximum absolute atomic E-state index is 9.00. The topological polar surface area (TPSA) is 50.5 Å². The number of hydrogen-bond acceptors (Lipinski definition) is 4. The average Bonchev–Trinajstić information content (AvgIpc) is 2.67. The quantitative estimate of drug-likeness (QED) is 0.918. The van der Waals surface area contributed by atoms with E-state index < -0.39 is 0 Å². The van der Waals surface area contributed by atoms with Crippen LogP contribution in [0.4, 0.5) is 0 Å². The molecule has 1 aliphatic rings. The number of aliphatic hydroxyl groups excluding tert-OH is 1. The van der Waals surface area contributed by atoms with Crippen LogP contribution < -0.4 is 0 Å². The van der Waals surface area contributed by atoms with Crippen LogP contribution in [0.1, 0.15) is 17.5 Å². The summed E-state index contributed by atoms with van der Waals surface area (Å²) in [7, 11) is 0. The Morgan fingerprint density at radius 2 is 1.95 bits per heavy atom. The van der Waals surface area contributed by atoms with Gasteiger partial charge in [-0.1, -0.05) is 17.7 Å². The second kappa shape index (κ2) is 7.61. The van der Waals surface area contributed by atoms with Gasteiger partial charge in [0.2, 0.25) is 0 Å². The Balaban J connectivity index is 1.95. The third-order valence-corrected chi connectivity index (χ3v) is 4.03. The maximum atomic E-state index is 9.00. The van der Waals surface area contributed by atoms with Crippen molar-refractivity contribution in [3.8, 4) is 6.07 Å². The van der Waals surface area contributed by atoms with E-state index in [4.69, 9.17) is 22.0 Å². The standard InChI is InChI=1S/C15H20ClN3O/c16-15-10-13(11-17)2-3-14(15)12-19-5-1-4-18(6-7-19)8-9-20/h2-3,10,20H,1,4-9,12H2. The van der Waals surface area contributed by atoms with Crippen LogP contribution in [0, 0.1) is 11.3 Å². The highest BCUT2D eigenvalue weighted by atomic mass is 35.5. The minimum atomic E-state index is 0.224. The van der Waals surface area contributed by atoms with Gasteiger partial charge in [-0.05, 0) is 37.2 Å². The summed E-state index contributed by atoms with van der Waals surface area (Å²) in [5.41, 5.74) is 1.67. The number of aliphatic hydroxyl groups is 1. The fraction of sp³-hybridized carbons (Fsp3) is 0.533. The molecule has 2 rings (SSSR count). The zero-order valence-corrected chi connectivity index (χ0v) is 12.3. The van der Waals surface area contributed by atoms with E-state index in [0.29, 0.717) is 10.6 Å². The van der Waals surface area contributed by atoms with Crippen LogP contribution in [0.3, 0.4) is 0 Å². The predicted molar refractivity (Wildman–Crippen MR) is 79.6 cm³/mol. The van der Waals surface area contributed by atoms with Crippen LogP contribution in [-0.4, -0.2) is 54.2 Å². The number of benzene rings is 1. The van der Waals surface area contributed by atoms with Crippen LogP contribution in [0.15, 0.2) is 18.2 Å². The molecule has 0 spiro atoms. The molecular formula is C15H20ClN3O. The molecule has 5 heteroatoms. The molecule has 20 heavy (non-hydrogen) atoms. The SMILES string of the molecule is N#Cc1ccc(CN2CCCN(CCO)CC2)c(Cl)c1. The van der Waals surface area contributed by atoms with Crippen molar-refractivity contribution in [3.63, 3.8) is 0 Å². The van der Waals surface area contributed by atoms with Gasteiger partial charge in [-0.15, -0.1) is 0 Å². The highest BCUT2D eigenvalue weighted by Crippen LogP contribution is 2.20. The second-order valence-electron chi connectivity index (χ2n) is 5.11. The van der Waals surface area contributed by atoms with Crippen LogP contribution >= 0.6 is 11.6 Å². The van der Waals surface area contributed by atoms with Crippen molar-refractivity contribution in [1.82, 2.24) is 9.80 Å². The zero-order chi connectivity index (χ0) is 14.4. The molecule has 0 unspecified atom stereocenters. The molecule has 0 amide bonds. The van der Waals surface area contributed by atoms with E-state index in [1.807, 2.05) is 12.1 Å². The summed E-state index contributed by atoms with van der Waals surface area (Å²) in [5, 5.41) is 18.5. The molecule has 0 atom stereocenters. The summed E-state index contributed by atoms with van der Waals surface area (Å²) in [6, 6.07) is 7.59. The smallest absolute Gasteiger partial charge is 0.0992 e. The Morgan fingerprint density at radius 1 is 1.20 bits per heavy atom. The summed E-state index contributed by atoms with van der Waals surface area (Å²) >= 11 is 6.23. The molecule has 1 heterocycles. The average molecular weight is 294 g/mol. The largest absolute Gasteiger partial charge is 0.395 e. The minimum Gasteiger partial charge on any atom is -0.395 e. The fourth-order valence-electron chi connectivity index (χ4n) is 2.53. The van der Waals surface area contributed by atoms with Crippen LogP contribution in [0.25, 0.3) is 0 Å². The summed E-state index contributed by atoms with van der Waals surface area (Å²) < 4.78 is 0. The van der Waals surface area contributed by atoms with Crippen LogP contribution in [-0.2, 0) is 6.54 Å². The fourth-order valence-corrected chi connectivity index (χ4v) is 2.77. The van der Waals surface area contributed by atoms with Crippen LogP contribution in [0.2, 0.25) is 5.02 Å². The van der Waals surface area contributed by atoms with Gasteiger partial charge in [-0.3, -0.25) is 9.80 Å². The predicted octanol–water partition coefficient (Wildman–Crippen LogP) is 1.71. The zero-order valence-electron chi connectivity index (χ0n) is 11.6. The molecule has 0 bridgehead atoms. The normalized spacial score (nSPS) is 17.6. The molecule has 0 aliphatic carbocycles. The Kier molecular flexibility index (Phi) is 5.81. The first-order valence-corrected chi connectivity index (χ1v) is 7.35. The monoisotopic (exact) mass is 293 g/mol. The molecule has 0 aromatic heterocycles. The third kappa shape index (κ3) is 4.19. The molecule has 1 fully saturated rings. The van der Waals surface area contributed by atoms with Gasteiger partial charge in [-0.25, -0.2) is 0 Å². The molecule has 1 aromatic carbocycles. The molecule has 108 valence electrons. The number of rotatable bonds is 4. The van der Waals surface area contributed by atoms with Gasteiger partial charge in [-0.2, -0.15) is 5.26 Å². The second-order valence-corrected chi connectivity index (χ2v) is 5.52. The third-order valence-electron chi connectivity index (χ3n) is 3.67. The van der Waals surface area contributed by atoms with Gasteiger partial charge < -0.3 is 5.11 Å². The van der Waals surface area contributed by atoms with E-state index in [0.717, 1.165) is 51.3 Å². The van der Waals surface area contributed by atoms with Crippen molar-refractivity contribution in [2.45, 2.75) is 13.0 Å². The molecule has 1 saturated heterocycles. The molecular weight excluding hydrogens is 274 g/mol. The van der Waals surface area contributed by atoms with Gasteiger partial charge in [0, 0.05) is 31.2 Å². The lowest BCUT2D eigenvalue weighted by molar-refractivity contribution is 0.196. The number of nitriles is 1. The Labute approximate surface area is 125 Å². The summed E-state index contributed by atoms with van der Waals surface area (Å²) in [4.78, 5) is 4.67. The van der Waals surface area contributed by atoms with Gasteiger partial charge in [0.15, 0.2) is 0 Å². The number of hydrogen-bond donors (Lipinski definition) is 1. The van der Waals surface area contributed by atoms with E-state index in [-0.39, 0.29) is 6.61 Å². The highest BCUT2D eigenvalue weighted by Gasteiger charge is 2.15. The molecule has 4 nitrogen and oxygen atoms in total. The molecule has 0 radical (unpaired) electrons. The van der Waals surface area contributed by atoms with E-state index in [1.165, 1.54) is 0 Å². The van der Waals surface area contributed by atoms with E-state index in [1.54, 1.807) is 6.07 Å². The van der Waals surface area contributed by atoms with E-state index in [2.05, 4.69) is 15.9 Å². The highest BCUT2D eigenvalue weighted by molar-refractivity contribution is 6.31. The number of halogens is 1. The van der Waals surface area contributed by atoms with Gasteiger partial charge in [0.05, 0.1) is 18.2 Å². The first-order valence-electron chi connectivity index (χ1n) is 6.97. The minimum absolute atomic E-state index is 0.224. The first kappa shape index (κ1) is 15.3. The Morgan fingerprint density at radius 3 is 2.65 bits per heavy atom. The number of nitrogens with zero attached hydrogens (tertiary/aromatic N) is 3. The Bertz CT molecular complexity index is 486. The maximum Gasteiger partial charge on any atom is 0.0992 e. The van der Waals surface area contributed by atoms with Crippen molar-refractivity contribution in [1.29, 1.82) is 5.26 Å². The summed E-state index contributed by atoms with van der Waals surface area (Å²) in [6.07, 6.45) is 1.11. The van der Waals surface area contributed by atoms with Crippen molar-refractivity contribution in [3.05, 3.63) is 34.3 Å².